The standard InChI is InChI=1S/C18H17FN2.C16H14BF3/c1-2-13-8-14(10-16(19)9-13)11-18-20-12-17(21-18)15-6-4-3-5-7-15;1-2-11-17(14-8-4-3-5-9-14)15-10-6-7-13(12-15)16(18,19)20/h3-10,12H,2,11H2,1H3,(H,20,21);2-10,12H,1,11H2. The average Bonchev–Trinajstić information content (AvgIpc) is 3.45. The number of alkyl halides is 3. The zero-order valence-corrected chi connectivity index (χ0v) is 22.8. The Morgan fingerprint density at radius 3 is 2.15 bits per heavy atom. The number of imidazole rings is 1. The summed E-state index contributed by atoms with van der Waals surface area (Å²) in [6, 6.07) is 30.3. The predicted octanol–water partition coefficient (Wildman–Crippen LogP) is 7.87. The molecule has 7 heteroatoms. The number of rotatable bonds is 8. The van der Waals surface area contributed by atoms with E-state index in [9.17, 15) is 17.6 Å². The van der Waals surface area contributed by atoms with Gasteiger partial charge >= 0.3 is 6.18 Å². The largest absolute Gasteiger partial charge is 0.416 e. The first-order valence-electron chi connectivity index (χ1n) is 13.5. The molecule has 4 aromatic carbocycles. The topological polar surface area (TPSA) is 28.7 Å². The third-order valence-electron chi connectivity index (χ3n) is 6.73. The molecule has 0 bridgehead atoms. The number of hydrogen-bond donors (Lipinski definition) is 1. The molecule has 41 heavy (non-hydrogen) atoms. The molecule has 0 amide bonds. The van der Waals surface area contributed by atoms with Gasteiger partial charge in [-0.15, -0.1) is 6.58 Å². The van der Waals surface area contributed by atoms with E-state index in [4.69, 9.17) is 0 Å². The quantitative estimate of drug-likeness (QED) is 0.118. The maximum atomic E-state index is 13.6. The van der Waals surface area contributed by atoms with Gasteiger partial charge in [0.05, 0.1) is 17.5 Å². The summed E-state index contributed by atoms with van der Waals surface area (Å²) in [4.78, 5) is 7.70. The highest BCUT2D eigenvalue weighted by Crippen LogP contribution is 2.28. The highest BCUT2D eigenvalue weighted by atomic mass is 19.4. The van der Waals surface area contributed by atoms with Crippen LogP contribution in [0.15, 0.2) is 122 Å². The zero-order chi connectivity index (χ0) is 29.2. The summed E-state index contributed by atoms with van der Waals surface area (Å²) in [5, 5.41) is 0. The van der Waals surface area contributed by atoms with Crippen LogP contribution < -0.4 is 10.9 Å². The van der Waals surface area contributed by atoms with Crippen LogP contribution in [-0.4, -0.2) is 16.7 Å². The molecule has 0 saturated heterocycles. The fraction of sp³-hybridized carbons (Fsp3) is 0.147. The second kappa shape index (κ2) is 13.8. The molecule has 208 valence electrons. The van der Waals surface area contributed by atoms with E-state index < -0.39 is 11.7 Å². The summed E-state index contributed by atoms with van der Waals surface area (Å²) in [7, 11) is 0. The van der Waals surface area contributed by atoms with Crippen molar-refractivity contribution in [2.24, 2.45) is 0 Å². The van der Waals surface area contributed by atoms with Gasteiger partial charge in [-0.05, 0) is 41.6 Å². The van der Waals surface area contributed by atoms with Gasteiger partial charge in [0.1, 0.15) is 11.6 Å². The van der Waals surface area contributed by atoms with Gasteiger partial charge in [0.2, 0.25) is 6.71 Å². The van der Waals surface area contributed by atoms with Crippen LogP contribution in [0.25, 0.3) is 11.3 Å². The van der Waals surface area contributed by atoms with E-state index in [1.54, 1.807) is 24.3 Å². The molecule has 0 unspecified atom stereocenters. The predicted molar refractivity (Wildman–Crippen MR) is 161 cm³/mol. The van der Waals surface area contributed by atoms with Gasteiger partial charge in [0.15, 0.2) is 0 Å². The van der Waals surface area contributed by atoms with E-state index in [0.717, 1.165) is 46.2 Å². The highest BCUT2D eigenvalue weighted by molar-refractivity contribution is 6.85. The number of H-pyrrole nitrogens is 1. The molecule has 0 radical (unpaired) electrons. The van der Waals surface area contributed by atoms with Crippen LogP contribution in [0.4, 0.5) is 17.6 Å². The van der Waals surface area contributed by atoms with Crippen molar-refractivity contribution in [3.05, 3.63) is 150 Å². The summed E-state index contributed by atoms with van der Waals surface area (Å²) in [6.45, 7) is 5.63. The third-order valence-corrected chi connectivity index (χ3v) is 6.73. The minimum absolute atomic E-state index is 0.101. The van der Waals surface area contributed by atoms with Crippen LogP contribution in [-0.2, 0) is 19.0 Å². The molecule has 0 aliphatic carbocycles. The van der Waals surface area contributed by atoms with Crippen molar-refractivity contribution in [2.45, 2.75) is 32.3 Å². The summed E-state index contributed by atoms with van der Waals surface area (Å²) in [6.07, 6.45) is 1.29. The Bertz CT molecular complexity index is 1550. The highest BCUT2D eigenvalue weighted by Gasteiger charge is 2.31. The first kappa shape index (κ1) is 29.6. The molecule has 0 aliphatic heterocycles. The molecule has 0 fully saturated rings. The summed E-state index contributed by atoms with van der Waals surface area (Å²) in [5.41, 5.74) is 5.08. The Hall–Kier alpha value is -4.39. The second-order valence-electron chi connectivity index (χ2n) is 9.72. The van der Waals surface area contributed by atoms with Crippen molar-refractivity contribution in [1.82, 2.24) is 9.97 Å². The second-order valence-corrected chi connectivity index (χ2v) is 9.72. The zero-order valence-electron chi connectivity index (χ0n) is 22.8. The number of nitrogens with one attached hydrogen (secondary N) is 1. The lowest BCUT2D eigenvalue weighted by atomic mass is 9.38. The van der Waals surface area contributed by atoms with E-state index in [2.05, 4.69) is 16.5 Å². The van der Waals surface area contributed by atoms with Crippen LogP contribution in [0.3, 0.4) is 0 Å². The molecule has 1 aromatic heterocycles. The Balaban J connectivity index is 0.000000189. The van der Waals surface area contributed by atoms with Crippen molar-refractivity contribution >= 4 is 17.6 Å². The number of aromatic amines is 1. The van der Waals surface area contributed by atoms with Crippen LogP contribution in [0.5, 0.6) is 0 Å². The maximum absolute atomic E-state index is 13.6. The number of benzene rings is 4. The lowest BCUT2D eigenvalue weighted by Gasteiger charge is -2.15. The van der Waals surface area contributed by atoms with E-state index in [1.807, 2.05) is 79.9 Å². The summed E-state index contributed by atoms with van der Waals surface area (Å²) >= 11 is 0. The van der Waals surface area contributed by atoms with Gasteiger partial charge < -0.3 is 4.98 Å². The molecular formula is C34H31BF4N2. The minimum atomic E-state index is -4.31. The van der Waals surface area contributed by atoms with Gasteiger partial charge in [-0.2, -0.15) is 13.2 Å². The van der Waals surface area contributed by atoms with E-state index >= 15 is 0 Å². The number of nitrogens with zero attached hydrogens (tertiary/aromatic N) is 1. The average molecular weight is 554 g/mol. The fourth-order valence-electron chi connectivity index (χ4n) is 4.68. The molecule has 0 atom stereocenters. The number of allylic oxidation sites excluding steroid dienone is 1. The number of hydrogen-bond acceptors (Lipinski definition) is 1. The molecule has 1 N–H and O–H groups in total. The Kier molecular flexibility index (Phi) is 9.96. The summed E-state index contributed by atoms with van der Waals surface area (Å²) < 4.78 is 52.0. The van der Waals surface area contributed by atoms with Gasteiger partial charge in [-0.25, -0.2) is 9.37 Å². The monoisotopic (exact) mass is 554 g/mol. The molecular weight excluding hydrogens is 523 g/mol. The number of aromatic nitrogens is 2. The first-order valence-corrected chi connectivity index (χ1v) is 13.5. The van der Waals surface area contributed by atoms with Crippen molar-refractivity contribution in [1.29, 1.82) is 0 Å². The van der Waals surface area contributed by atoms with Crippen LogP contribution >= 0.6 is 0 Å². The lowest BCUT2D eigenvalue weighted by Crippen LogP contribution is -2.41. The van der Waals surface area contributed by atoms with Gasteiger partial charge in [-0.1, -0.05) is 115 Å². The molecule has 0 saturated carbocycles. The molecule has 0 aliphatic rings. The molecule has 5 aromatic rings. The SMILES string of the molecule is C=CCB(c1ccccc1)c1cccc(C(F)(F)F)c1.CCc1cc(F)cc(Cc2ncc(-c3ccccc3)[nH]2)c1. The van der Waals surface area contributed by atoms with Crippen molar-refractivity contribution < 1.29 is 17.6 Å². The minimum Gasteiger partial charge on any atom is -0.342 e. The first-order chi connectivity index (χ1) is 19.8. The van der Waals surface area contributed by atoms with Crippen molar-refractivity contribution in [2.75, 3.05) is 0 Å². The van der Waals surface area contributed by atoms with Gasteiger partial charge in [0.25, 0.3) is 0 Å². The van der Waals surface area contributed by atoms with Crippen molar-refractivity contribution in [3.8, 4) is 11.3 Å². The maximum Gasteiger partial charge on any atom is 0.416 e. The Morgan fingerprint density at radius 1 is 0.829 bits per heavy atom. The number of aryl methyl sites for hydroxylation is 1. The van der Waals surface area contributed by atoms with Crippen molar-refractivity contribution in [3.63, 3.8) is 0 Å². The fourth-order valence-corrected chi connectivity index (χ4v) is 4.68. The van der Waals surface area contributed by atoms with Gasteiger partial charge in [-0.3, -0.25) is 0 Å². The molecule has 0 spiro atoms. The number of halogens is 4. The molecule has 1 heterocycles. The molecule has 2 nitrogen and oxygen atoms in total. The van der Waals surface area contributed by atoms with Crippen LogP contribution in [0.1, 0.15) is 29.4 Å². The smallest absolute Gasteiger partial charge is 0.342 e. The normalized spacial score (nSPS) is 11.0. The van der Waals surface area contributed by atoms with E-state index in [0.29, 0.717) is 18.2 Å². The van der Waals surface area contributed by atoms with E-state index in [-0.39, 0.29) is 12.5 Å². The van der Waals surface area contributed by atoms with Crippen LogP contribution in [0.2, 0.25) is 6.32 Å². The molecule has 5 rings (SSSR count). The lowest BCUT2D eigenvalue weighted by molar-refractivity contribution is -0.137. The Labute approximate surface area is 238 Å². The Morgan fingerprint density at radius 2 is 1.49 bits per heavy atom. The van der Waals surface area contributed by atoms with E-state index in [1.165, 1.54) is 12.1 Å². The van der Waals surface area contributed by atoms with Gasteiger partial charge in [0, 0.05) is 6.42 Å². The summed E-state index contributed by atoms with van der Waals surface area (Å²) in [5.74, 6) is 0.667. The van der Waals surface area contributed by atoms with Crippen LogP contribution in [0, 0.1) is 5.82 Å². The third kappa shape index (κ3) is 8.30.